The van der Waals surface area contributed by atoms with Gasteiger partial charge in [0.1, 0.15) is 6.54 Å². The number of hydrogen-bond acceptors (Lipinski definition) is 2. The maximum absolute atomic E-state index is 12.1. The highest BCUT2D eigenvalue weighted by Crippen LogP contribution is 2.25. The van der Waals surface area contributed by atoms with Crippen LogP contribution in [0.4, 0.5) is 10.5 Å². The molecule has 106 valence electrons. The van der Waals surface area contributed by atoms with Crippen molar-refractivity contribution < 1.29 is 14.7 Å². The molecule has 0 aliphatic heterocycles. The van der Waals surface area contributed by atoms with Crippen LogP contribution in [0.1, 0.15) is 11.1 Å². The Morgan fingerprint density at radius 2 is 1.95 bits per heavy atom. The van der Waals surface area contributed by atoms with Crippen molar-refractivity contribution in [2.24, 2.45) is 0 Å². The SMILES string of the molecule is C#CCN(CC(=O)O)C(=O)Nc1c(C)cc(Br)cc1C. The molecule has 0 saturated carbocycles. The Morgan fingerprint density at radius 1 is 1.40 bits per heavy atom. The lowest BCUT2D eigenvalue weighted by Crippen LogP contribution is -2.39. The third-order valence-corrected chi connectivity index (χ3v) is 3.08. The number of aliphatic carboxylic acids is 1. The Balaban J connectivity index is 2.94. The molecule has 2 N–H and O–H groups in total. The van der Waals surface area contributed by atoms with Gasteiger partial charge in [0.2, 0.25) is 0 Å². The summed E-state index contributed by atoms with van der Waals surface area (Å²) in [4.78, 5) is 23.9. The first-order chi connectivity index (χ1) is 9.35. The highest BCUT2D eigenvalue weighted by Gasteiger charge is 2.17. The van der Waals surface area contributed by atoms with E-state index in [0.717, 1.165) is 20.5 Å². The van der Waals surface area contributed by atoms with Crippen molar-refractivity contribution >= 4 is 33.6 Å². The van der Waals surface area contributed by atoms with Crippen molar-refractivity contribution in [2.45, 2.75) is 13.8 Å². The van der Waals surface area contributed by atoms with Gasteiger partial charge in [-0.05, 0) is 37.1 Å². The maximum Gasteiger partial charge on any atom is 0.323 e. The minimum atomic E-state index is -1.11. The second kappa shape index (κ2) is 6.96. The van der Waals surface area contributed by atoms with Crippen LogP contribution in [0.2, 0.25) is 0 Å². The summed E-state index contributed by atoms with van der Waals surface area (Å²) in [5.41, 5.74) is 2.41. The minimum Gasteiger partial charge on any atom is -0.480 e. The molecule has 0 aliphatic rings. The molecule has 1 rings (SSSR count). The number of hydrogen-bond donors (Lipinski definition) is 2. The molecule has 1 aromatic rings. The van der Waals surface area contributed by atoms with Crippen LogP contribution in [0.15, 0.2) is 16.6 Å². The van der Waals surface area contributed by atoms with E-state index in [9.17, 15) is 9.59 Å². The van der Waals surface area contributed by atoms with Gasteiger partial charge in [0.05, 0.1) is 6.54 Å². The molecule has 0 radical (unpaired) electrons. The van der Waals surface area contributed by atoms with Gasteiger partial charge >= 0.3 is 12.0 Å². The van der Waals surface area contributed by atoms with Gasteiger partial charge in [-0.15, -0.1) is 6.42 Å². The summed E-state index contributed by atoms with van der Waals surface area (Å²) in [5, 5.41) is 11.5. The summed E-state index contributed by atoms with van der Waals surface area (Å²) in [5.74, 6) is 1.16. The number of halogens is 1. The molecule has 0 aromatic heterocycles. The highest BCUT2D eigenvalue weighted by molar-refractivity contribution is 9.10. The molecule has 20 heavy (non-hydrogen) atoms. The van der Waals surface area contributed by atoms with Gasteiger partial charge in [-0.25, -0.2) is 4.79 Å². The fourth-order valence-corrected chi connectivity index (χ4v) is 2.45. The highest BCUT2D eigenvalue weighted by atomic mass is 79.9. The number of amides is 2. The summed E-state index contributed by atoms with van der Waals surface area (Å²) in [6.45, 7) is 3.21. The van der Waals surface area contributed by atoms with E-state index in [2.05, 4.69) is 27.2 Å². The van der Waals surface area contributed by atoms with E-state index in [-0.39, 0.29) is 6.54 Å². The molecule has 0 heterocycles. The number of anilines is 1. The lowest BCUT2D eigenvalue weighted by Gasteiger charge is -2.20. The number of nitrogens with one attached hydrogen (secondary N) is 1. The first-order valence-corrected chi connectivity index (χ1v) is 6.62. The van der Waals surface area contributed by atoms with Gasteiger partial charge in [0.15, 0.2) is 0 Å². The predicted octanol–water partition coefficient (Wildman–Crippen LogP) is 2.62. The standard InChI is InChI=1S/C14H15BrN2O3/c1-4-5-17(8-12(18)19)14(20)16-13-9(2)6-11(15)7-10(13)3/h1,6-7H,5,8H2,2-3H3,(H,16,20)(H,18,19). The van der Waals surface area contributed by atoms with Crippen LogP contribution in [0.3, 0.4) is 0 Å². The number of nitrogens with zero attached hydrogens (tertiary/aromatic N) is 1. The molecule has 6 heteroatoms. The van der Waals surface area contributed by atoms with Crippen molar-refractivity contribution in [1.82, 2.24) is 4.90 Å². The van der Waals surface area contributed by atoms with Crippen LogP contribution in [0.25, 0.3) is 0 Å². The number of carboxylic acid groups (broad SMARTS) is 1. The largest absolute Gasteiger partial charge is 0.480 e. The predicted molar refractivity (Wildman–Crippen MR) is 80.7 cm³/mol. The van der Waals surface area contributed by atoms with Crippen LogP contribution in [0.5, 0.6) is 0 Å². The number of rotatable bonds is 4. The molecule has 0 atom stereocenters. The zero-order valence-electron chi connectivity index (χ0n) is 11.2. The average molecular weight is 339 g/mol. The number of aryl methyl sites for hydroxylation is 2. The molecule has 2 amide bonds. The summed E-state index contributed by atoms with van der Waals surface area (Å²) in [6.07, 6.45) is 5.15. The van der Waals surface area contributed by atoms with Crippen LogP contribution < -0.4 is 5.32 Å². The minimum absolute atomic E-state index is 0.0627. The molecular weight excluding hydrogens is 324 g/mol. The number of urea groups is 1. The summed E-state index contributed by atoms with van der Waals surface area (Å²) >= 11 is 3.37. The Labute approximate surface area is 126 Å². The van der Waals surface area contributed by atoms with E-state index in [4.69, 9.17) is 11.5 Å². The number of terminal acetylenes is 1. The van der Waals surface area contributed by atoms with E-state index < -0.39 is 18.5 Å². The molecule has 5 nitrogen and oxygen atoms in total. The van der Waals surface area contributed by atoms with Crippen molar-refractivity contribution in [2.75, 3.05) is 18.4 Å². The van der Waals surface area contributed by atoms with Crippen molar-refractivity contribution in [3.63, 3.8) is 0 Å². The summed E-state index contributed by atoms with van der Waals surface area (Å²) in [7, 11) is 0. The van der Waals surface area contributed by atoms with E-state index in [0.29, 0.717) is 5.69 Å². The Morgan fingerprint density at radius 3 is 2.40 bits per heavy atom. The zero-order chi connectivity index (χ0) is 15.3. The smallest absolute Gasteiger partial charge is 0.323 e. The van der Waals surface area contributed by atoms with Crippen molar-refractivity contribution in [3.8, 4) is 12.3 Å². The number of carbonyl (C=O) groups is 2. The second-order valence-corrected chi connectivity index (χ2v) is 5.21. The summed E-state index contributed by atoms with van der Waals surface area (Å²) < 4.78 is 0.913. The Bertz CT molecular complexity index is 555. The normalized spacial score (nSPS) is 9.70. The van der Waals surface area contributed by atoms with Gasteiger partial charge in [-0.1, -0.05) is 21.9 Å². The van der Waals surface area contributed by atoms with Crippen molar-refractivity contribution in [3.05, 3.63) is 27.7 Å². The number of carbonyl (C=O) groups excluding carboxylic acids is 1. The quantitative estimate of drug-likeness (QED) is 0.829. The van der Waals surface area contributed by atoms with E-state index in [1.807, 2.05) is 26.0 Å². The molecular formula is C14H15BrN2O3. The van der Waals surface area contributed by atoms with Crippen LogP contribution in [-0.4, -0.2) is 35.1 Å². The van der Waals surface area contributed by atoms with Crippen LogP contribution in [0, 0.1) is 26.2 Å². The maximum atomic E-state index is 12.1. The fourth-order valence-electron chi connectivity index (χ4n) is 1.77. The van der Waals surface area contributed by atoms with Gasteiger partial charge in [0, 0.05) is 10.2 Å². The number of carboxylic acids is 1. The molecule has 0 bridgehead atoms. The van der Waals surface area contributed by atoms with E-state index in [1.165, 1.54) is 0 Å². The van der Waals surface area contributed by atoms with Gasteiger partial charge < -0.3 is 15.3 Å². The Hall–Kier alpha value is -2.00. The van der Waals surface area contributed by atoms with Crippen molar-refractivity contribution in [1.29, 1.82) is 0 Å². The van der Waals surface area contributed by atoms with E-state index >= 15 is 0 Å². The Kier molecular flexibility index (Phi) is 5.59. The molecule has 0 unspecified atom stereocenters. The third kappa shape index (κ3) is 4.28. The van der Waals surface area contributed by atoms with Gasteiger partial charge in [0.25, 0.3) is 0 Å². The topological polar surface area (TPSA) is 69.6 Å². The first kappa shape index (κ1) is 16.1. The average Bonchev–Trinajstić information content (AvgIpc) is 2.32. The molecule has 0 spiro atoms. The van der Waals surface area contributed by atoms with Crippen LogP contribution in [-0.2, 0) is 4.79 Å². The second-order valence-electron chi connectivity index (χ2n) is 4.30. The van der Waals surface area contributed by atoms with Gasteiger partial charge in [-0.3, -0.25) is 4.79 Å². The lowest BCUT2D eigenvalue weighted by molar-refractivity contribution is -0.137. The van der Waals surface area contributed by atoms with Gasteiger partial charge in [-0.2, -0.15) is 0 Å². The summed E-state index contributed by atoms with van der Waals surface area (Å²) in [6, 6.07) is 3.20. The monoisotopic (exact) mass is 338 g/mol. The third-order valence-electron chi connectivity index (χ3n) is 2.62. The molecule has 0 saturated heterocycles. The first-order valence-electron chi connectivity index (χ1n) is 5.83. The fraction of sp³-hybridized carbons (Fsp3) is 0.286. The number of benzene rings is 1. The van der Waals surface area contributed by atoms with Crippen LogP contribution >= 0.6 is 15.9 Å². The van der Waals surface area contributed by atoms with E-state index in [1.54, 1.807) is 0 Å². The lowest BCUT2D eigenvalue weighted by atomic mass is 10.1. The molecule has 0 fully saturated rings. The molecule has 1 aromatic carbocycles. The molecule has 0 aliphatic carbocycles. The zero-order valence-corrected chi connectivity index (χ0v) is 12.8.